The zero-order valence-electron chi connectivity index (χ0n) is 8.82. The largest absolute Gasteiger partial charge is 0.339 e. The normalized spacial score (nSPS) is 19.3. The molecule has 2 rings (SSSR count). The molecule has 0 saturated carbocycles. The van der Waals surface area contributed by atoms with Crippen molar-refractivity contribution < 1.29 is 9.59 Å². The molecule has 1 aromatic rings. The van der Waals surface area contributed by atoms with E-state index < -0.39 is 0 Å². The highest BCUT2D eigenvalue weighted by Crippen LogP contribution is 2.30. The third kappa shape index (κ3) is 2.55. The molecular weight excluding hydrogens is 224 g/mol. The van der Waals surface area contributed by atoms with Gasteiger partial charge in [-0.05, 0) is 17.7 Å². The Bertz CT molecular complexity index is 416. The zero-order valence-corrected chi connectivity index (χ0v) is 9.64. The van der Waals surface area contributed by atoms with E-state index in [1.165, 1.54) is 6.92 Å². The van der Waals surface area contributed by atoms with Crippen LogP contribution in [0.1, 0.15) is 17.9 Å². The summed E-state index contributed by atoms with van der Waals surface area (Å²) in [6.45, 7) is 1.47. The lowest BCUT2D eigenvalue weighted by Crippen LogP contribution is -2.18. The zero-order chi connectivity index (χ0) is 11.5. The molecule has 1 unspecified atom stereocenters. The molecular formula is C11H12N2O2S. The molecule has 0 aromatic heterocycles. The van der Waals surface area contributed by atoms with E-state index in [4.69, 9.17) is 0 Å². The molecule has 16 heavy (non-hydrogen) atoms. The van der Waals surface area contributed by atoms with Gasteiger partial charge < -0.3 is 10.6 Å². The van der Waals surface area contributed by atoms with Crippen molar-refractivity contribution in [1.29, 1.82) is 0 Å². The summed E-state index contributed by atoms with van der Waals surface area (Å²) in [5.74, 6) is 0.496. The molecule has 2 amide bonds. The van der Waals surface area contributed by atoms with Crippen LogP contribution < -0.4 is 10.6 Å². The molecule has 1 aromatic carbocycles. The molecule has 1 fully saturated rings. The standard InChI is InChI=1S/C11H12N2O2S/c1-7(14)12-9-4-2-8(3-5-9)11-13-10(15)6-16-11/h2-5,11H,6H2,1H3,(H,12,14)(H,13,15). The molecule has 1 heterocycles. The number of hydrogen-bond acceptors (Lipinski definition) is 3. The predicted octanol–water partition coefficient (Wildman–Crippen LogP) is 1.51. The molecule has 0 spiro atoms. The van der Waals surface area contributed by atoms with Gasteiger partial charge in [-0.15, -0.1) is 11.8 Å². The van der Waals surface area contributed by atoms with Crippen LogP contribution in [0.5, 0.6) is 0 Å². The lowest BCUT2D eigenvalue weighted by atomic mass is 10.2. The van der Waals surface area contributed by atoms with Crippen LogP contribution in [-0.2, 0) is 9.59 Å². The molecule has 2 N–H and O–H groups in total. The minimum absolute atomic E-state index is 0.0406. The van der Waals surface area contributed by atoms with E-state index in [2.05, 4.69) is 10.6 Å². The number of hydrogen-bond donors (Lipinski definition) is 2. The first-order chi connectivity index (χ1) is 7.65. The summed E-state index contributed by atoms with van der Waals surface area (Å²) in [7, 11) is 0. The van der Waals surface area contributed by atoms with Gasteiger partial charge in [0.2, 0.25) is 11.8 Å². The fraction of sp³-hybridized carbons (Fsp3) is 0.273. The molecule has 0 radical (unpaired) electrons. The SMILES string of the molecule is CC(=O)Nc1ccc(C2NC(=O)CS2)cc1. The van der Waals surface area contributed by atoms with E-state index in [1.807, 2.05) is 24.3 Å². The van der Waals surface area contributed by atoms with Crippen molar-refractivity contribution in [2.45, 2.75) is 12.3 Å². The molecule has 5 heteroatoms. The number of thioether (sulfide) groups is 1. The number of carbonyl (C=O) groups is 2. The Morgan fingerprint density at radius 2 is 2.12 bits per heavy atom. The van der Waals surface area contributed by atoms with Crippen LogP contribution in [0.15, 0.2) is 24.3 Å². The van der Waals surface area contributed by atoms with E-state index in [1.54, 1.807) is 11.8 Å². The van der Waals surface area contributed by atoms with Crippen molar-refractivity contribution in [3.8, 4) is 0 Å². The van der Waals surface area contributed by atoms with E-state index in [0.717, 1.165) is 11.3 Å². The van der Waals surface area contributed by atoms with E-state index in [9.17, 15) is 9.59 Å². The molecule has 1 aliphatic heterocycles. The van der Waals surface area contributed by atoms with Crippen molar-refractivity contribution in [1.82, 2.24) is 5.32 Å². The Balaban J connectivity index is 2.07. The first-order valence-corrected chi connectivity index (χ1v) is 5.98. The lowest BCUT2D eigenvalue weighted by molar-refractivity contribution is -0.118. The third-order valence-electron chi connectivity index (χ3n) is 2.21. The summed E-state index contributed by atoms with van der Waals surface area (Å²) in [6, 6.07) is 7.49. The topological polar surface area (TPSA) is 58.2 Å². The van der Waals surface area contributed by atoms with Crippen LogP contribution in [0.25, 0.3) is 0 Å². The molecule has 1 aliphatic rings. The van der Waals surface area contributed by atoms with Gasteiger partial charge in [-0.1, -0.05) is 12.1 Å². The van der Waals surface area contributed by atoms with Gasteiger partial charge >= 0.3 is 0 Å². The van der Waals surface area contributed by atoms with Crippen LogP contribution in [0.3, 0.4) is 0 Å². The van der Waals surface area contributed by atoms with Crippen LogP contribution in [0.2, 0.25) is 0 Å². The minimum atomic E-state index is -0.0868. The van der Waals surface area contributed by atoms with Crippen molar-refractivity contribution in [3.63, 3.8) is 0 Å². The molecule has 1 atom stereocenters. The fourth-order valence-corrected chi connectivity index (χ4v) is 2.48. The maximum absolute atomic E-state index is 11.1. The highest BCUT2D eigenvalue weighted by molar-refractivity contribution is 8.00. The summed E-state index contributed by atoms with van der Waals surface area (Å²) in [5.41, 5.74) is 1.82. The summed E-state index contributed by atoms with van der Waals surface area (Å²) in [6.07, 6.45) is 0. The minimum Gasteiger partial charge on any atom is -0.339 e. The molecule has 84 valence electrons. The van der Waals surface area contributed by atoms with Crippen molar-refractivity contribution in [2.75, 3.05) is 11.1 Å². The summed E-state index contributed by atoms with van der Waals surface area (Å²) < 4.78 is 0. The maximum Gasteiger partial charge on any atom is 0.231 e. The van der Waals surface area contributed by atoms with Gasteiger partial charge in [0.15, 0.2) is 0 Å². The number of carbonyl (C=O) groups excluding carboxylic acids is 2. The highest BCUT2D eigenvalue weighted by atomic mass is 32.2. The lowest BCUT2D eigenvalue weighted by Gasteiger charge is -2.10. The van der Waals surface area contributed by atoms with Gasteiger partial charge in [0.25, 0.3) is 0 Å². The van der Waals surface area contributed by atoms with Crippen LogP contribution in [0, 0.1) is 0 Å². The third-order valence-corrected chi connectivity index (χ3v) is 3.36. The Morgan fingerprint density at radius 3 is 2.62 bits per heavy atom. The Labute approximate surface area is 97.8 Å². The van der Waals surface area contributed by atoms with Gasteiger partial charge in [-0.3, -0.25) is 9.59 Å². The highest BCUT2D eigenvalue weighted by Gasteiger charge is 2.22. The molecule has 1 saturated heterocycles. The Morgan fingerprint density at radius 1 is 1.44 bits per heavy atom. The van der Waals surface area contributed by atoms with Gasteiger partial charge in [-0.2, -0.15) is 0 Å². The van der Waals surface area contributed by atoms with Crippen LogP contribution in [-0.4, -0.2) is 17.6 Å². The van der Waals surface area contributed by atoms with E-state index in [0.29, 0.717) is 5.75 Å². The summed E-state index contributed by atoms with van der Waals surface area (Å²) in [4.78, 5) is 21.9. The average molecular weight is 236 g/mol. The van der Waals surface area contributed by atoms with Crippen LogP contribution >= 0.6 is 11.8 Å². The second-order valence-electron chi connectivity index (χ2n) is 3.56. The van der Waals surface area contributed by atoms with Gasteiger partial charge in [0.05, 0.1) is 5.75 Å². The number of rotatable bonds is 2. The average Bonchev–Trinajstić information content (AvgIpc) is 2.65. The Kier molecular flexibility index (Phi) is 3.14. The van der Waals surface area contributed by atoms with Gasteiger partial charge in [-0.25, -0.2) is 0 Å². The summed E-state index contributed by atoms with van der Waals surface area (Å²) >= 11 is 1.58. The smallest absolute Gasteiger partial charge is 0.231 e. The van der Waals surface area contributed by atoms with Crippen molar-refractivity contribution >= 4 is 29.3 Å². The number of anilines is 1. The quantitative estimate of drug-likeness (QED) is 0.818. The van der Waals surface area contributed by atoms with Gasteiger partial charge in [0.1, 0.15) is 5.37 Å². The second-order valence-corrected chi connectivity index (χ2v) is 4.66. The second kappa shape index (κ2) is 4.57. The molecule has 4 nitrogen and oxygen atoms in total. The van der Waals surface area contributed by atoms with Gasteiger partial charge in [0, 0.05) is 12.6 Å². The molecule has 0 aliphatic carbocycles. The summed E-state index contributed by atoms with van der Waals surface area (Å²) in [5, 5.41) is 5.61. The first-order valence-electron chi connectivity index (χ1n) is 4.93. The monoisotopic (exact) mass is 236 g/mol. The predicted molar refractivity (Wildman–Crippen MR) is 64.1 cm³/mol. The fourth-order valence-electron chi connectivity index (χ4n) is 1.51. The van der Waals surface area contributed by atoms with E-state index >= 15 is 0 Å². The number of nitrogens with one attached hydrogen (secondary N) is 2. The van der Waals surface area contributed by atoms with Crippen molar-refractivity contribution in [2.24, 2.45) is 0 Å². The van der Waals surface area contributed by atoms with Crippen molar-refractivity contribution in [3.05, 3.63) is 29.8 Å². The maximum atomic E-state index is 11.1. The first kappa shape index (κ1) is 11.0. The molecule has 0 bridgehead atoms. The number of benzene rings is 1. The van der Waals surface area contributed by atoms with Crippen LogP contribution in [0.4, 0.5) is 5.69 Å². The number of amides is 2. The van der Waals surface area contributed by atoms with E-state index in [-0.39, 0.29) is 17.2 Å². The Hall–Kier alpha value is -1.49.